The molecule has 3 nitrogen and oxygen atoms in total. The van der Waals surface area contributed by atoms with E-state index < -0.39 is 11.6 Å². The Kier molecular flexibility index (Phi) is 6.15. The summed E-state index contributed by atoms with van der Waals surface area (Å²) < 4.78 is 27.4. The van der Waals surface area contributed by atoms with Crippen molar-refractivity contribution in [1.82, 2.24) is 0 Å². The Morgan fingerprint density at radius 1 is 0.815 bits per heavy atom. The van der Waals surface area contributed by atoms with Crippen molar-refractivity contribution >= 4 is 17.3 Å². The quantitative estimate of drug-likeness (QED) is 0.638. The Morgan fingerprint density at radius 2 is 1.41 bits per heavy atom. The van der Waals surface area contributed by atoms with Crippen LogP contribution >= 0.6 is 0 Å². The number of hydrogen-bond acceptors (Lipinski definition) is 2. The van der Waals surface area contributed by atoms with Crippen LogP contribution < -0.4 is 10.2 Å². The van der Waals surface area contributed by atoms with E-state index in [2.05, 4.69) is 5.32 Å². The largest absolute Gasteiger partial charge is 0.380 e. The van der Waals surface area contributed by atoms with E-state index in [-0.39, 0.29) is 24.6 Å². The van der Waals surface area contributed by atoms with Crippen molar-refractivity contribution in [3.8, 4) is 0 Å². The van der Waals surface area contributed by atoms with Crippen molar-refractivity contribution in [1.29, 1.82) is 0 Å². The minimum atomic E-state index is -0.674. The minimum absolute atomic E-state index is 0.107. The number of carbonyl (C=O) groups is 1. The Bertz CT molecular complexity index is 865. The van der Waals surface area contributed by atoms with Gasteiger partial charge in [-0.15, -0.1) is 0 Å². The van der Waals surface area contributed by atoms with Crippen LogP contribution in [0.2, 0.25) is 0 Å². The van der Waals surface area contributed by atoms with Crippen molar-refractivity contribution in [2.75, 3.05) is 16.8 Å². The first-order valence-electron chi connectivity index (χ1n) is 8.72. The van der Waals surface area contributed by atoms with Gasteiger partial charge in [-0.25, -0.2) is 8.78 Å². The van der Waals surface area contributed by atoms with Crippen molar-refractivity contribution in [2.24, 2.45) is 0 Å². The average molecular weight is 366 g/mol. The van der Waals surface area contributed by atoms with Crippen LogP contribution in [0.3, 0.4) is 0 Å². The van der Waals surface area contributed by atoms with Crippen LogP contribution in [0.15, 0.2) is 78.9 Å². The van der Waals surface area contributed by atoms with Gasteiger partial charge in [0, 0.05) is 18.7 Å². The molecule has 0 aliphatic heterocycles. The summed E-state index contributed by atoms with van der Waals surface area (Å²) in [5, 5.41) is 2.68. The third-order valence-corrected chi connectivity index (χ3v) is 4.16. The Hall–Kier alpha value is -3.21. The summed E-state index contributed by atoms with van der Waals surface area (Å²) in [5.74, 6) is -1.48. The van der Waals surface area contributed by atoms with Gasteiger partial charge >= 0.3 is 0 Å². The maximum Gasteiger partial charge on any atom is 0.229 e. The molecule has 0 saturated heterocycles. The maximum absolute atomic E-state index is 13.7. The van der Waals surface area contributed by atoms with E-state index >= 15 is 0 Å². The summed E-state index contributed by atoms with van der Waals surface area (Å²) in [6, 6.07) is 22.7. The molecule has 5 heteroatoms. The van der Waals surface area contributed by atoms with Gasteiger partial charge in [0.15, 0.2) is 0 Å². The van der Waals surface area contributed by atoms with Gasteiger partial charge in [0.25, 0.3) is 0 Å². The van der Waals surface area contributed by atoms with E-state index in [1.54, 1.807) is 4.90 Å². The molecular formula is C22H20F2N2O. The lowest BCUT2D eigenvalue weighted by Gasteiger charge is -2.23. The molecule has 1 N–H and O–H groups in total. The van der Waals surface area contributed by atoms with Crippen LogP contribution in [-0.2, 0) is 11.3 Å². The van der Waals surface area contributed by atoms with Gasteiger partial charge in [-0.05, 0) is 29.8 Å². The lowest BCUT2D eigenvalue weighted by atomic mass is 10.2. The third-order valence-electron chi connectivity index (χ3n) is 4.16. The first kappa shape index (κ1) is 18.6. The van der Waals surface area contributed by atoms with E-state index in [0.717, 1.165) is 11.3 Å². The minimum Gasteiger partial charge on any atom is -0.380 e. The summed E-state index contributed by atoms with van der Waals surface area (Å²) in [6.45, 7) is 0.562. The van der Waals surface area contributed by atoms with Crippen LogP contribution in [0.4, 0.5) is 20.2 Å². The first-order valence-corrected chi connectivity index (χ1v) is 8.72. The van der Waals surface area contributed by atoms with E-state index in [0.29, 0.717) is 6.54 Å². The molecule has 0 aliphatic rings. The maximum atomic E-state index is 13.7. The second-order valence-electron chi connectivity index (χ2n) is 6.07. The summed E-state index contributed by atoms with van der Waals surface area (Å²) in [7, 11) is 0. The molecule has 3 rings (SSSR count). The number of nitrogens with one attached hydrogen (secondary N) is 1. The number of anilines is 2. The van der Waals surface area contributed by atoms with Gasteiger partial charge < -0.3 is 10.2 Å². The van der Waals surface area contributed by atoms with Gasteiger partial charge in [0.05, 0.1) is 6.54 Å². The standard InChI is InChI=1S/C22H20F2N2O/c23-19-12-7-13-20(24)22(19)25-15-14-21(27)26(18-10-5-2-6-11-18)16-17-8-3-1-4-9-17/h1-13,25H,14-16H2. The highest BCUT2D eigenvalue weighted by molar-refractivity contribution is 5.93. The Balaban J connectivity index is 1.69. The zero-order valence-corrected chi connectivity index (χ0v) is 14.7. The molecule has 0 atom stereocenters. The number of rotatable bonds is 7. The van der Waals surface area contributed by atoms with Crippen LogP contribution in [0.1, 0.15) is 12.0 Å². The number of para-hydroxylation sites is 2. The molecule has 3 aromatic rings. The van der Waals surface area contributed by atoms with Gasteiger partial charge in [-0.1, -0.05) is 54.6 Å². The van der Waals surface area contributed by atoms with Crippen LogP contribution in [0.5, 0.6) is 0 Å². The Labute approximate surface area is 157 Å². The highest BCUT2D eigenvalue weighted by atomic mass is 19.1. The number of nitrogens with zero attached hydrogens (tertiary/aromatic N) is 1. The van der Waals surface area contributed by atoms with Crippen molar-refractivity contribution in [3.05, 3.63) is 96.1 Å². The lowest BCUT2D eigenvalue weighted by molar-refractivity contribution is -0.118. The molecule has 0 radical (unpaired) electrons. The zero-order valence-electron chi connectivity index (χ0n) is 14.7. The molecule has 0 heterocycles. The second-order valence-corrected chi connectivity index (χ2v) is 6.07. The van der Waals surface area contributed by atoms with Crippen molar-refractivity contribution in [2.45, 2.75) is 13.0 Å². The van der Waals surface area contributed by atoms with Crippen LogP contribution in [0, 0.1) is 11.6 Å². The fourth-order valence-corrected chi connectivity index (χ4v) is 2.79. The summed E-state index contributed by atoms with van der Waals surface area (Å²) in [5.41, 5.74) is 1.57. The van der Waals surface area contributed by atoms with E-state index in [4.69, 9.17) is 0 Å². The smallest absolute Gasteiger partial charge is 0.229 e. The molecule has 27 heavy (non-hydrogen) atoms. The molecule has 3 aromatic carbocycles. The van der Waals surface area contributed by atoms with Gasteiger partial charge in [-0.2, -0.15) is 0 Å². The Morgan fingerprint density at radius 3 is 2.04 bits per heavy atom. The molecule has 1 amide bonds. The predicted molar refractivity (Wildman–Crippen MR) is 104 cm³/mol. The highest BCUT2D eigenvalue weighted by Gasteiger charge is 2.16. The molecule has 0 fully saturated rings. The normalized spacial score (nSPS) is 10.4. The number of carbonyl (C=O) groups excluding carboxylic acids is 1. The van der Waals surface area contributed by atoms with Gasteiger partial charge in [0.2, 0.25) is 5.91 Å². The summed E-state index contributed by atoms with van der Waals surface area (Å²) in [4.78, 5) is 14.5. The fourth-order valence-electron chi connectivity index (χ4n) is 2.79. The number of hydrogen-bond donors (Lipinski definition) is 1. The number of benzene rings is 3. The summed E-state index contributed by atoms with van der Waals surface area (Å²) >= 11 is 0. The lowest BCUT2D eigenvalue weighted by Crippen LogP contribution is -2.31. The molecular weight excluding hydrogens is 346 g/mol. The molecule has 0 spiro atoms. The van der Waals surface area contributed by atoms with E-state index in [1.807, 2.05) is 60.7 Å². The SMILES string of the molecule is O=C(CCNc1c(F)cccc1F)N(Cc1ccccc1)c1ccccc1. The predicted octanol–water partition coefficient (Wildman–Crippen LogP) is 5.00. The fraction of sp³-hybridized carbons (Fsp3) is 0.136. The second kappa shape index (κ2) is 8.94. The van der Waals surface area contributed by atoms with Crippen molar-refractivity contribution < 1.29 is 13.6 Å². The van der Waals surface area contributed by atoms with E-state index in [1.165, 1.54) is 18.2 Å². The first-order chi connectivity index (χ1) is 13.1. The van der Waals surface area contributed by atoms with E-state index in [9.17, 15) is 13.6 Å². The van der Waals surface area contributed by atoms with Crippen LogP contribution in [-0.4, -0.2) is 12.5 Å². The molecule has 0 saturated carbocycles. The zero-order chi connectivity index (χ0) is 19.1. The summed E-state index contributed by atoms with van der Waals surface area (Å²) in [6.07, 6.45) is 0.107. The molecule has 138 valence electrons. The van der Waals surface area contributed by atoms with Gasteiger partial charge in [0.1, 0.15) is 17.3 Å². The van der Waals surface area contributed by atoms with Crippen LogP contribution in [0.25, 0.3) is 0 Å². The molecule has 0 bridgehead atoms. The average Bonchev–Trinajstić information content (AvgIpc) is 2.70. The molecule has 0 unspecified atom stereocenters. The number of halogens is 2. The monoisotopic (exact) mass is 366 g/mol. The van der Waals surface area contributed by atoms with Crippen molar-refractivity contribution in [3.63, 3.8) is 0 Å². The highest BCUT2D eigenvalue weighted by Crippen LogP contribution is 2.20. The molecule has 0 aliphatic carbocycles. The third kappa shape index (κ3) is 4.91. The number of amides is 1. The topological polar surface area (TPSA) is 32.3 Å². The van der Waals surface area contributed by atoms with Gasteiger partial charge in [-0.3, -0.25) is 4.79 Å². The molecule has 0 aromatic heterocycles.